The third kappa shape index (κ3) is 3.19. The summed E-state index contributed by atoms with van der Waals surface area (Å²) in [7, 11) is 0. The molecule has 108 valence electrons. The lowest BCUT2D eigenvalue weighted by molar-refractivity contribution is -0.183. The lowest BCUT2D eigenvalue weighted by Crippen LogP contribution is -2.36. The van der Waals surface area contributed by atoms with Crippen molar-refractivity contribution in [1.82, 2.24) is 0 Å². The van der Waals surface area contributed by atoms with Crippen LogP contribution in [0.4, 0.5) is 5.69 Å². The topological polar surface area (TPSA) is 47.6 Å². The molecule has 20 heavy (non-hydrogen) atoms. The lowest BCUT2D eigenvalue weighted by atomic mass is 9.83. The third-order valence-electron chi connectivity index (χ3n) is 4.21. The molecule has 0 radical (unpaired) electrons. The number of carbonyl (C=O) groups is 1. The van der Waals surface area contributed by atoms with Crippen LogP contribution in [0.3, 0.4) is 0 Å². The van der Waals surface area contributed by atoms with Crippen molar-refractivity contribution in [1.29, 1.82) is 0 Å². The molecular formula is C16H21NO3. The highest BCUT2D eigenvalue weighted by Gasteiger charge is 2.40. The Morgan fingerprint density at radius 1 is 1.15 bits per heavy atom. The molecule has 3 rings (SSSR count). The van der Waals surface area contributed by atoms with Gasteiger partial charge in [-0.1, -0.05) is 18.2 Å². The van der Waals surface area contributed by atoms with Crippen LogP contribution in [0.15, 0.2) is 30.3 Å². The number of hydrogen-bond donors (Lipinski definition) is 1. The van der Waals surface area contributed by atoms with Gasteiger partial charge in [0, 0.05) is 24.9 Å². The van der Waals surface area contributed by atoms with Crippen molar-refractivity contribution in [3.8, 4) is 0 Å². The number of amides is 1. The van der Waals surface area contributed by atoms with E-state index in [1.807, 2.05) is 30.3 Å². The fourth-order valence-electron chi connectivity index (χ4n) is 3.10. The molecule has 2 aliphatic rings. The van der Waals surface area contributed by atoms with Crippen LogP contribution in [-0.4, -0.2) is 24.9 Å². The van der Waals surface area contributed by atoms with Crippen molar-refractivity contribution in [2.24, 2.45) is 5.92 Å². The normalized spacial score (nSPS) is 22.0. The summed E-state index contributed by atoms with van der Waals surface area (Å²) < 4.78 is 11.4. The maximum Gasteiger partial charge on any atom is 0.224 e. The number of benzene rings is 1. The van der Waals surface area contributed by atoms with Crippen molar-refractivity contribution in [2.45, 2.75) is 37.9 Å². The first kappa shape index (κ1) is 13.6. The molecule has 1 aromatic carbocycles. The first-order chi connectivity index (χ1) is 9.76. The molecule has 1 heterocycles. The Hall–Kier alpha value is -1.39. The molecule has 0 unspecified atom stereocenters. The molecule has 1 aliphatic heterocycles. The highest BCUT2D eigenvalue weighted by Crippen LogP contribution is 2.39. The quantitative estimate of drug-likeness (QED) is 0.922. The smallest absolute Gasteiger partial charge is 0.224 e. The van der Waals surface area contributed by atoms with Gasteiger partial charge >= 0.3 is 0 Å². The Balaban J connectivity index is 1.46. The minimum absolute atomic E-state index is 0.102. The molecule has 2 fully saturated rings. The van der Waals surface area contributed by atoms with Gasteiger partial charge in [0.2, 0.25) is 5.91 Å². The summed E-state index contributed by atoms with van der Waals surface area (Å²) in [5.74, 6) is 0.217. The second kappa shape index (κ2) is 5.94. The van der Waals surface area contributed by atoms with Gasteiger partial charge in [-0.2, -0.15) is 0 Å². The van der Waals surface area contributed by atoms with Gasteiger partial charge in [-0.25, -0.2) is 0 Å². The molecule has 1 aromatic rings. The SMILES string of the molecule is O=C(CC1CCC2(CC1)OCCO2)Nc1ccccc1. The number of para-hydroxylation sites is 1. The van der Waals surface area contributed by atoms with Gasteiger partial charge in [0.1, 0.15) is 0 Å². The van der Waals surface area contributed by atoms with Gasteiger partial charge in [0.15, 0.2) is 5.79 Å². The fourth-order valence-corrected chi connectivity index (χ4v) is 3.10. The van der Waals surface area contributed by atoms with Crippen LogP contribution in [0.1, 0.15) is 32.1 Å². The van der Waals surface area contributed by atoms with Gasteiger partial charge in [-0.3, -0.25) is 4.79 Å². The van der Waals surface area contributed by atoms with Crippen LogP contribution in [0.2, 0.25) is 0 Å². The number of rotatable bonds is 3. The van der Waals surface area contributed by atoms with Gasteiger partial charge in [-0.05, 0) is 30.9 Å². The maximum atomic E-state index is 12.0. The van der Waals surface area contributed by atoms with Crippen LogP contribution in [0.5, 0.6) is 0 Å². The minimum atomic E-state index is -0.327. The van der Waals surface area contributed by atoms with E-state index in [0.717, 1.165) is 31.4 Å². The van der Waals surface area contributed by atoms with Gasteiger partial charge in [-0.15, -0.1) is 0 Å². The Bertz CT molecular complexity index is 444. The monoisotopic (exact) mass is 275 g/mol. The summed E-state index contributed by atoms with van der Waals surface area (Å²) in [4.78, 5) is 12.0. The molecule has 0 bridgehead atoms. The van der Waals surface area contributed by atoms with E-state index < -0.39 is 0 Å². The zero-order valence-corrected chi connectivity index (χ0v) is 11.6. The van der Waals surface area contributed by atoms with Gasteiger partial charge < -0.3 is 14.8 Å². The van der Waals surface area contributed by atoms with Crippen molar-refractivity contribution in [2.75, 3.05) is 18.5 Å². The van der Waals surface area contributed by atoms with E-state index in [9.17, 15) is 4.79 Å². The molecule has 0 atom stereocenters. The standard InChI is InChI=1S/C16H21NO3/c18-15(17-14-4-2-1-3-5-14)12-13-6-8-16(9-7-13)19-10-11-20-16/h1-5,13H,6-12H2,(H,17,18). The predicted octanol–water partition coefficient (Wildman–Crippen LogP) is 2.95. The fraction of sp³-hybridized carbons (Fsp3) is 0.562. The summed E-state index contributed by atoms with van der Waals surface area (Å²) in [5, 5.41) is 2.95. The molecule has 1 amide bonds. The van der Waals surface area contributed by atoms with E-state index in [1.54, 1.807) is 0 Å². The summed E-state index contributed by atoms with van der Waals surface area (Å²) in [6.45, 7) is 1.41. The molecule has 4 heteroatoms. The van der Waals surface area contributed by atoms with Crippen LogP contribution in [-0.2, 0) is 14.3 Å². The summed E-state index contributed by atoms with van der Waals surface area (Å²) >= 11 is 0. The van der Waals surface area contributed by atoms with E-state index >= 15 is 0 Å². The Morgan fingerprint density at radius 2 is 1.80 bits per heavy atom. The number of nitrogens with one attached hydrogen (secondary N) is 1. The van der Waals surface area contributed by atoms with Crippen molar-refractivity contribution in [3.05, 3.63) is 30.3 Å². The van der Waals surface area contributed by atoms with Crippen LogP contribution < -0.4 is 5.32 Å². The second-order valence-corrected chi connectivity index (χ2v) is 5.67. The Kier molecular flexibility index (Phi) is 4.03. The zero-order valence-electron chi connectivity index (χ0n) is 11.6. The summed E-state index contributed by atoms with van der Waals surface area (Å²) in [5.41, 5.74) is 0.868. The first-order valence-corrected chi connectivity index (χ1v) is 7.39. The number of hydrogen-bond acceptors (Lipinski definition) is 3. The first-order valence-electron chi connectivity index (χ1n) is 7.39. The molecule has 0 aromatic heterocycles. The maximum absolute atomic E-state index is 12.0. The van der Waals surface area contributed by atoms with E-state index in [4.69, 9.17) is 9.47 Å². The molecule has 4 nitrogen and oxygen atoms in total. The van der Waals surface area contributed by atoms with Crippen LogP contribution >= 0.6 is 0 Å². The van der Waals surface area contributed by atoms with Crippen molar-refractivity contribution < 1.29 is 14.3 Å². The van der Waals surface area contributed by atoms with Crippen LogP contribution in [0.25, 0.3) is 0 Å². The zero-order chi connectivity index (χ0) is 13.8. The molecule has 1 aliphatic carbocycles. The summed E-state index contributed by atoms with van der Waals surface area (Å²) in [6, 6.07) is 9.61. The molecule has 1 saturated carbocycles. The molecular weight excluding hydrogens is 254 g/mol. The minimum Gasteiger partial charge on any atom is -0.348 e. The molecule has 1 N–H and O–H groups in total. The number of ether oxygens (including phenoxy) is 2. The number of anilines is 1. The van der Waals surface area contributed by atoms with E-state index in [1.165, 1.54) is 0 Å². The van der Waals surface area contributed by atoms with E-state index in [2.05, 4.69) is 5.32 Å². The van der Waals surface area contributed by atoms with Gasteiger partial charge in [0.25, 0.3) is 0 Å². The highest BCUT2D eigenvalue weighted by atomic mass is 16.7. The summed E-state index contributed by atoms with van der Waals surface area (Å²) in [6.07, 6.45) is 4.42. The average molecular weight is 275 g/mol. The predicted molar refractivity (Wildman–Crippen MR) is 76.3 cm³/mol. The Morgan fingerprint density at radius 3 is 2.45 bits per heavy atom. The highest BCUT2D eigenvalue weighted by molar-refractivity contribution is 5.90. The van der Waals surface area contributed by atoms with E-state index in [0.29, 0.717) is 25.6 Å². The lowest BCUT2D eigenvalue weighted by Gasteiger charge is -2.35. The molecule has 1 saturated heterocycles. The second-order valence-electron chi connectivity index (χ2n) is 5.67. The van der Waals surface area contributed by atoms with Crippen molar-refractivity contribution >= 4 is 11.6 Å². The average Bonchev–Trinajstić information content (AvgIpc) is 2.91. The Labute approximate surface area is 119 Å². The van der Waals surface area contributed by atoms with Gasteiger partial charge in [0.05, 0.1) is 13.2 Å². The third-order valence-corrected chi connectivity index (χ3v) is 4.21. The molecule has 1 spiro atoms. The van der Waals surface area contributed by atoms with E-state index in [-0.39, 0.29) is 11.7 Å². The number of carbonyl (C=O) groups excluding carboxylic acids is 1. The van der Waals surface area contributed by atoms with Crippen molar-refractivity contribution in [3.63, 3.8) is 0 Å². The largest absolute Gasteiger partial charge is 0.348 e. The van der Waals surface area contributed by atoms with Crippen LogP contribution in [0, 0.1) is 5.92 Å².